The van der Waals surface area contributed by atoms with Crippen molar-refractivity contribution in [3.63, 3.8) is 0 Å². The lowest BCUT2D eigenvalue weighted by atomic mass is 9.89. The Bertz CT molecular complexity index is 946. The molecule has 5 nitrogen and oxygen atoms in total. The number of carbonyl (C=O) groups excluding carboxylic acids is 1. The van der Waals surface area contributed by atoms with Crippen molar-refractivity contribution in [1.82, 2.24) is 4.90 Å². The lowest BCUT2D eigenvalue weighted by Crippen LogP contribution is -2.33. The highest BCUT2D eigenvalue weighted by Gasteiger charge is 2.36. The molecule has 0 N–H and O–H groups in total. The lowest BCUT2D eigenvalue weighted by molar-refractivity contribution is -0.385. The normalized spacial score (nSPS) is 14.5. The van der Waals surface area contributed by atoms with Crippen molar-refractivity contribution in [3.8, 4) is 0 Å². The molecule has 2 aromatic carbocycles. The van der Waals surface area contributed by atoms with Gasteiger partial charge in [-0.05, 0) is 18.6 Å². The predicted molar refractivity (Wildman–Crippen MR) is 113 cm³/mol. The highest BCUT2D eigenvalue weighted by atomic mass is 32.2. The number of nitro benzene ring substituents is 1. The number of hydrogen-bond acceptors (Lipinski definition) is 4. The fourth-order valence-corrected chi connectivity index (χ4v) is 4.88. The zero-order valence-electron chi connectivity index (χ0n) is 16.6. The average Bonchev–Trinajstić information content (AvgIpc) is 3.06. The van der Waals surface area contributed by atoms with Gasteiger partial charge in [0.1, 0.15) is 0 Å². The predicted octanol–water partition coefficient (Wildman–Crippen LogP) is 5.55. The zero-order valence-corrected chi connectivity index (χ0v) is 17.4. The molecule has 0 fully saturated rings. The van der Waals surface area contributed by atoms with Crippen LogP contribution in [-0.2, 0) is 6.42 Å². The quantitative estimate of drug-likeness (QED) is 0.502. The molecule has 0 aromatic heterocycles. The van der Waals surface area contributed by atoms with Crippen LogP contribution < -0.4 is 0 Å². The van der Waals surface area contributed by atoms with Crippen LogP contribution in [0, 0.1) is 22.5 Å². The number of rotatable bonds is 4. The minimum atomic E-state index is -0.438. The van der Waals surface area contributed by atoms with Gasteiger partial charge in [-0.3, -0.25) is 14.9 Å². The molecule has 0 saturated heterocycles. The summed E-state index contributed by atoms with van der Waals surface area (Å²) < 4.78 is 0. The van der Waals surface area contributed by atoms with Crippen molar-refractivity contribution < 1.29 is 9.72 Å². The van der Waals surface area contributed by atoms with Crippen LogP contribution in [0.15, 0.2) is 59.1 Å². The first-order valence-electron chi connectivity index (χ1n) is 9.16. The molecule has 1 aliphatic rings. The second-order valence-electron chi connectivity index (χ2n) is 7.90. The van der Waals surface area contributed by atoms with Gasteiger partial charge in [-0.2, -0.15) is 0 Å². The summed E-state index contributed by atoms with van der Waals surface area (Å²) in [7, 11) is 0. The van der Waals surface area contributed by atoms with Gasteiger partial charge in [0, 0.05) is 39.6 Å². The smallest absolute Gasteiger partial charge is 0.273 e. The lowest BCUT2D eigenvalue weighted by Gasteiger charge is -2.30. The molecule has 6 heteroatoms. The molecule has 0 aliphatic carbocycles. The topological polar surface area (TPSA) is 63.5 Å². The molecule has 2 aromatic rings. The fourth-order valence-electron chi connectivity index (χ4n) is 3.52. The van der Waals surface area contributed by atoms with Gasteiger partial charge in [-0.1, -0.05) is 57.2 Å². The molecule has 0 atom stereocenters. The van der Waals surface area contributed by atoms with Crippen LogP contribution in [0.2, 0.25) is 0 Å². The van der Waals surface area contributed by atoms with Gasteiger partial charge >= 0.3 is 0 Å². The Morgan fingerprint density at radius 1 is 1.14 bits per heavy atom. The molecular formula is C22H24N2O3S. The highest BCUT2D eigenvalue weighted by Crippen LogP contribution is 2.44. The van der Waals surface area contributed by atoms with Crippen LogP contribution in [0.1, 0.15) is 42.3 Å². The van der Waals surface area contributed by atoms with Crippen LogP contribution in [-0.4, -0.2) is 21.6 Å². The summed E-state index contributed by atoms with van der Waals surface area (Å²) in [6.45, 7) is 7.93. The number of allylic oxidation sites excluding steroid dienone is 2. The van der Waals surface area contributed by atoms with Gasteiger partial charge in [0.2, 0.25) is 0 Å². The van der Waals surface area contributed by atoms with E-state index in [9.17, 15) is 14.9 Å². The van der Waals surface area contributed by atoms with E-state index in [1.165, 1.54) is 16.5 Å². The summed E-state index contributed by atoms with van der Waals surface area (Å²) in [5, 5.41) is 11.3. The Kier molecular flexibility index (Phi) is 5.61. The van der Waals surface area contributed by atoms with Crippen LogP contribution in [0.25, 0.3) is 0 Å². The molecule has 3 rings (SSSR count). The van der Waals surface area contributed by atoms with E-state index < -0.39 is 4.92 Å². The first-order valence-corrected chi connectivity index (χ1v) is 10.1. The summed E-state index contributed by atoms with van der Waals surface area (Å²) in [6.07, 6.45) is 0.774. The van der Waals surface area contributed by atoms with E-state index in [-0.39, 0.29) is 17.0 Å². The first-order chi connectivity index (χ1) is 13.2. The molecule has 0 saturated carbocycles. The number of thioether (sulfide) groups is 1. The molecule has 146 valence electrons. The van der Waals surface area contributed by atoms with Gasteiger partial charge in [0.15, 0.2) is 0 Å². The summed E-state index contributed by atoms with van der Waals surface area (Å²) in [6, 6.07) is 14.9. The first kappa shape index (κ1) is 20.1. The Balaban J connectivity index is 2.01. The summed E-state index contributed by atoms with van der Waals surface area (Å²) in [5.41, 5.74) is 2.75. The molecule has 0 bridgehead atoms. The molecular weight excluding hydrogens is 372 g/mol. The van der Waals surface area contributed by atoms with E-state index >= 15 is 0 Å². The third kappa shape index (κ3) is 3.97. The number of benzene rings is 2. The molecule has 1 aliphatic heterocycles. The Morgan fingerprint density at radius 2 is 1.82 bits per heavy atom. The maximum Gasteiger partial charge on any atom is 0.273 e. The molecule has 0 radical (unpaired) electrons. The van der Waals surface area contributed by atoms with Crippen LogP contribution in [0.4, 0.5) is 5.69 Å². The number of nitrogens with zero attached hydrogens (tertiary/aromatic N) is 2. The van der Waals surface area contributed by atoms with Crippen LogP contribution >= 0.6 is 11.8 Å². The summed E-state index contributed by atoms with van der Waals surface area (Å²) in [5.74, 6) is 0.345. The standard InChI is InChI=1S/C22H24N2O3S/c1-15-17(11-8-12-18(15)24(26)27)21(25)23-14-28-19(20(23)22(2,3)4)13-16-9-6-5-7-10-16/h5-12H,13-14H2,1-4H3. The number of nitro groups is 1. The monoisotopic (exact) mass is 396 g/mol. The van der Waals surface area contributed by atoms with Crippen molar-refractivity contribution >= 4 is 23.4 Å². The van der Waals surface area contributed by atoms with E-state index in [4.69, 9.17) is 0 Å². The molecule has 0 spiro atoms. The molecule has 28 heavy (non-hydrogen) atoms. The minimum Gasteiger partial charge on any atom is -0.301 e. The van der Waals surface area contributed by atoms with Crippen molar-refractivity contribution in [2.24, 2.45) is 5.41 Å². The van der Waals surface area contributed by atoms with Gasteiger partial charge in [-0.25, -0.2) is 0 Å². The largest absolute Gasteiger partial charge is 0.301 e. The SMILES string of the molecule is Cc1c(C(=O)N2CSC(Cc3ccccc3)=C2C(C)(C)C)cccc1[N+](=O)[O-]. The van der Waals surface area contributed by atoms with E-state index in [1.807, 2.05) is 18.2 Å². The van der Waals surface area contributed by atoms with Crippen molar-refractivity contribution in [1.29, 1.82) is 0 Å². The van der Waals surface area contributed by atoms with Crippen molar-refractivity contribution in [2.75, 3.05) is 5.88 Å². The Hall–Kier alpha value is -2.60. The van der Waals surface area contributed by atoms with Crippen LogP contribution in [0.5, 0.6) is 0 Å². The number of carbonyl (C=O) groups is 1. The van der Waals surface area contributed by atoms with Crippen molar-refractivity contribution in [3.05, 3.63) is 85.9 Å². The third-order valence-corrected chi connectivity index (χ3v) is 5.87. The highest BCUT2D eigenvalue weighted by molar-refractivity contribution is 8.03. The fraction of sp³-hybridized carbons (Fsp3) is 0.318. The van der Waals surface area contributed by atoms with E-state index in [0.717, 1.165) is 12.1 Å². The summed E-state index contributed by atoms with van der Waals surface area (Å²) in [4.78, 5) is 27.1. The van der Waals surface area contributed by atoms with Gasteiger partial charge in [0.05, 0.1) is 10.8 Å². The third-order valence-electron chi connectivity index (χ3n) is 4.80. The second-order valence-corrected chi connectivity index (χ2v) is 8.94. The average molecular weight is 397 g/mol. The van der Waals surface area contributed by atoms with E-state index in [0.29, 0.717) is 17.0 Å². The maximum absolute atomic E-state index is 13.4. The van der Waals surface area contributed by atoms with E-state index in [1.54, 1.807) is 35.7 Å². The molecule has 1 heterocycles. The van der Waals surface area contributed by atoms with E-state index in [2.05, 4.69) is 32.9 Å². The summed E-state index contributed by atoms with van der Waals surface area (Å²) >= 11 is 1.67. The van der Waals surface area contributed by atoms with Gasteiger partial charge in [-0.15, -0.1) is 11.8 Å². The Morgan fingerprint density at radius 3 is 2.43 bits per heavy atom. The van der Waals surface area contributed by atoms with Gasteiger partial charge < -0.3 is 4.90 Å². The zero-order chi connectivity index (χ0) is 20.5. The minimum absolute atomic E-state index is 0.0245. The number of hydrogen-bond donors (Lipinski definition) is 0. The Labute approximate surface area is 169 Å². The molecule has 1 amide bonds. The number of amides is 1. The van der Waals surface area contributed by atoms with Crippen molar-refractivity contribution in [2.45, 2.75) is 34.1 Å². The maximum atomic E-state index is 13.4. The molecule has 0 unspecified atom stereocenters. The van der Waals surface area contributed by atoms with Gasteiger partial charge in [0.25, 0.3) is 11.6 Å². The second kappa shape index (κ2) is 7.80. The van der Waals surface area contributed by atoms with Crippen LogP contribution in [0.3, 0.4) is 0 Å².